The first-order valence-corrected chi connectivity index (χ1v) is 7.92. The van der Waals surface area contributed by atoms with Crippen molar-refractivity contribution in [3.8, 4) is 0 Å². The Hall–Kier alpha value is -0.650. The zero-order valence-electron chi connectivity index (χ0n) is 13.1. The molecule has 0 N–H and O–H groups in total. The summed E-state index contributed by atoms with van der Waals surface area (Å²) in [7, 11) is 4.39. The zero-order chi connectivity index (χ0) is 14.5. The van der Waals surface area contributed by atoms with Gasteiger partial charge in [-0.2, -0.15) is 0 Å². The molecular formula is C15H30N2O3+2. The summed E-state index contributed by atoms with van der Waals surface area (Å²) >= 11 is 0. The average Bonchev–Trinajstić information content (AvgIpc) is 2.39. The van der Waals surface area contributed by atoms with Gasteiger partial charge in [0.15, 0.2) is 6.54 Å². The Labute approximate surface area is 122 Å². The van der Waals surface area contributed by atoms with E-state index in [1.54, 1.807) is 0 Å². The molecule has 0 aliphatic carbocycles. The number of rotatable bonds is 5. The van der Waals surface area contributed by atoms with E-state index in [1.807, 2.05) is 0 Å². The predicted molar refractivity (Wildman–Crippen MR) is 77.2 cm³/mol. The van der Waals surface area contributed by atoms with E-state index in [1.165, 1.54) is 32.4 Å². The Balaban J connectivity index is 1.67. The van der Waals surface area contributed by atoms with Crippen LogP contribution in [0.5, 0.6) is 0 Å². The molecule has 2 fully saturated rings. The van der Waals surface area contributed by atoms with E-state index in [2.05, 4.69) is 14.1 Å². The topological polar surface area (TPSA) is 35.5 Å². The van der Waals surface area contributed by atoms with Crippen molar-refractivity contribution < 1.29 is 23.2 Å². The second-order valence-electron chi connectivity index (χ2n) is 6.91. The molecule has 2 aliphatic rings. The lowest BCUT2D eigenvalue weighted by Gasteiger charge is -2.38. The Morgan fingerprint density at radius 3 is 2.30 bits per heavy atom. The molecule has 2 rings (SSSR count). The van der Waals surface area contributed by atoms with Crippen LogP contribution in [-0.4, -0.2) is 88.1 Å². The number of carbonyl (C=O) groups is 1. The molecule has 0 saturated carbocycles. The van der Waals surface area contributed by atoms with Crippen LogP contribution in [0.2, 0.25) is 0 Å². The second-order valence-corrected chi connectivity index (χ2v) is 6.91. The number of ether oxygens (including phenoxy) is 2. The van der Waals surface area contributed by atoms with Crippen molar-refractivity contribution in [1.29, 1.82) is 0 Å². The third-order valence-corrected chi connectivity index (χ3v) is 4.85. The van der Waals surface area contributed by atoms with Gasteiger partial charge in [-0.15, -0.1) is 0 Å². The summed E-state index contributed by atoms with van der Waals surface area (Å²) in [5.41, 5.74) is 0. The largest absolute Gasteiger partial charge is 0.456 e. The SMILES string of the molecule is C[N+]1(CCOC(=O)C[N+]2(C)CCOCC2)CCCCC1. The van der Waals surface area contributed by atoms with Crippen molar-refractivity contribution in [1.82, 2.24) is 0 Å². The molecule has 0 atom stereocenters. The van der Waals surface area contributed by atoms with Crippen molar-refractivity contribution in [3.05, 3.63) is 0 Å². The lowest BCUT2D eigenvalue weighted by atomic mass is 10.1. The number of hydrogen-bond acceptors (Lipinski definition) is 3. The fourth-order valence-corrected chi connectivity index (χ4v) is 3.18. The second kappa shape index (κ2) is 6.87. The van der Waals surface area contributed by atoms with E-state index in [4.69, 9.17) is 9.47 Å². The fourth-order valence-electron chi connectivity index (χ4n) is 3.18. The van der Waals surface area contributed by atoms with Gasteiger partial charge in [0.1, 0.15) is 26.2 Å². The lowest BCUT2D eigenvalue weighted by Crippen LogP contribution is -2.55. The summed E-state index contributed by atoms with van der Waals surface area (Å²) in [6, 6.07) is 0. The van der Waals surface area contributed by atoms with Crippen LogP contribution in [0.25, 0.3) is 0 Å². The Bertz CT molecular complexity index is 321. The van der Waals surface area contributed by atoms with Crippen molar-refractivity contribution in [2.45, 2.75) is 19.3 Å². The van der Waals surface area contributed by atoms with Crippen molar-refractivity contribution in [2.75, 3.05) is 73.2 Å². The Morgan fingerprint density at radius 1 is 1.00 bits per heavy atom. The molecule has 2 aliphatic heterocycles. The normalized spacial score (nSPS) is 25.1. The van der Waals surface area contributed by atoms with Crippen LogP contribution in [-0.2, 0) is 14.3 Å². The third-order valence-electron chi connectivity index (χ3n) is 4.85. The van der Waals surface area contributed by atoms with Gasteiger partial charge in [0.2, 0.25) is 0 Å². The van der Waals surface area contributed by atoms with Gasteiger partial charge in [-0.25, -0.2) is 4.79 Å². The van der Waals surface area contributed by atoms with Crippen molar-refractivity contribution in [3.63, 3.8) is 0 Å². The highest BCUT2D eigenvalue weighted by Crippen LogP contribution is 2.15. The highest BCUT2D eigenvalue weighted by atomic mass is 16.5. The highest BCUT2D eigenvalue weighted by Gasteiger charge is 2.30. The standard InChI is InChI=1S/C15H30N2O3/c1-16(6-4-3-5-7-16)10-13-20-15(18)14-17(2)8-11-19-12-9-17/h3-14H2,1-2H3/q+2. The van der Waals surface area contributed by atoms with Crippen LogP contribution >= 0.6 is 0 Å². The van der Waals surface area contributed by atoms with Crippen LogP contribution in [0.4, 0.5) is 0 Å². The molecule has 0 aromatic carbocycles. The van der Waals surface area contributed by atoms with Gasteiger partial charge in [0, 0.05) is 0 Å². The maximum Gasteiger partial charge on any atom is 0.361 e. The van der Waals surface area contributed by atoms with E-state index in [9.17, 15) is 4.79 Å². The van der Waals surface area contributed by atoms with E-state index in [0.717, 1.165) is 41.8 Å². The minimum atomic E-state index is -0.0574. The number of piperidine rings is 1. The van der Waals surface area contributed by atoms with Gasteiger partial charge in [0.25, 0.3) is 0 Å². The lowest BCUT2D eigenvalue weighted by molar-refractivity contribution is -0.915. The molecular weight excluding hydrogens is 256 g/mol. The van der Waals surface area contributed by atoms with Crippen LogP contribution < -0.4 is 0 Å². The van der Waals surface area contributed by atoms with Crippen LogP contribution in [0.3, 0.4) is 0 Å². The van der Waals surface area contributed by atoms with Crippen LogP contribution in [0, 0.1) is 0 Å². The van der Waals surface area contributed by atoms with Crippen molar-refractivity contribution >= 4 is 5.97 Å². The maximum atomic E-state index is 12.0. The van der Waals surface area contributed by atoms with Gasteiger partial charge in [-0.1, -0.05) is 0 Å². The first-order valence-electron chi connectivity index (χ1n) is 7.92. The molecule has 0 unspecified atom stereocenters. The summed E-state index contributed by atoms with van der Waals surface area (Å²) in [4.78, 5) is 12.0. The first-order chi connectivity index (χ1) is 9.52. The molecule has 0 aromatic rings. The number of quaternary nitrogens is 2. The molecule has 20 heavy (non-hydrogen) atoms. The highest BCUT2D eigenvalue weighted by molar-refractivity contribution is 5.70. The Kier molecular flexibility index (Phi) is 5.41. The summed E-state index contributed by atoms with van der Waals surface area (Å²) in [6.07, 6.45) is 3.96. The van der Waals surface area contributed by atoms with Crippen molar-refractivity contribution in [2.24, 2.45) is 0 Å². The molecule has 5 nitrogen and oxygen atoms in total. The van der Waals surface area contributed by atoms with Gasteiger partial charge >= 0.3 is 5.97 Å². The quantitative estimate of drug-likeness (QED) is 0.549. The van der Waals surface area contributed by atoms with Gasteiger partial charge in [0.05, 0.1) is 40.4 Å². The molecule has 116 valence electrons. The molecule has 0 amide bonds. The molecule has 5 heteroatoms. The molecule has 0 spiro atoms. The molecule has 0 bridgehead atoms. The minimum Gasteiger partial charge on any atom is -0.456 e. The monoisotopic (exact) mass is 286 g/mol. The number of likely N-dealkylation sites (N-methyl/N-ethyl adjacent to an activating group) is 2. The predicted octanol–water partition coefficient (Wildman–Crippen LogP) is 0.637. The third kappa shape index (κ3) is 4.72. The molecule has 0 radical (unpaired) electrons. The summed E-state index contributed by atoms with van der Waals surface area (Å²) in [5, 5.41) is 0. The number of hydrogen-bond donors (Lipinski definition) is 0. The summed E-state index contributed by atoms with van der Waals surface area (Å²) in [6.45, 7) is 7.76. The zero-order valence-corrected chi connectivity index (χ0v) is 13.1. The van der Waals surface area contributed by atoms with Gasteiger partial charge in [-0.05, 0) is 19.3 Å². The number of morpholine rings is 1. The molecule has 2 heterocycles. The van der Waals surface area contributed by atoms with Gasteiger partial charge < -0.3 is 18.4 Å². The smallest absolute Gasteiger partial charge is 0.361 e. The summed E-state index contributed by atoms with van der Waals surface area (Å²) < 4.78 is 12.6. The molecule has 0 aromatic heterocycles. The van der Waals surface area contributed by atoms with E-state index in [0.29, 0.717) is 13.2 Å². The Morgan fingerprint density at radius 2 is 1.65 bits per heavy atom. The summed E-state index contributed by atoms with van der Waals surface area (Å²) in [5.74, 6) is -0.0574. The number of carbonyl (C=O) groups excluding carboxylic acids is 1. The number of esters is 1. The van der Waals surface area contributed by atoms with Crippen LogP contribution in [0.15, 0.2) is 0 Å². The van der Waals surface area contributed by atoms with E-state index in [-0.39, 0.29) is 5.97 Å². The van der Waals surface area contributed by atoms with E-state index >= 15 is 0 Å². The maximum absolute atomic E-state index is 12.0. The first kappa shape index (κ1) is 15.7. The van der Waals surface area contributed by atoms with E-state index < -0.39 is 0 Å². The number of nitrogens with zero attached hydrogens (tertiary/aromatic N) is 2. The van der Waals surface area contributed by atoms with Gasteiger partial charge in [-0.3, -0.25) is 0 Å². The fraction of sp³-hybridized carbons (Fsp3) is 0.933. The average molecular weight is 286 g/mol. The minimum absolute atomic E-state index is 0.0574. The number of likely N-dealkylation sites (tertiary alicyclic amines) is 1. The molecule has 2 saturated heterocycles. The van der Waals surface area contributed by atoms with Crippen LogP contribution in [0.1, 0.15) is 19.3 Å².